The first kappa shape index (κ1) is 11.3. The molecule has 0 aliphatic carbocycles. The Kier molecular flexibility index (Phi) is 3.88. The van der Waals surface area contributed by atoms with Crippen LogP contribution in [0, 0.1) is 0 Å². The number of carboxylic acids is 1. The minimum atomic E-state index is -1.04. The SMILES string of the molecule is COc1ccc(C=CCO)cc1C(=O)O. The molecule has 0 fully saturated rings. The van der Waals surface area contributed by atoms with Crippen molar-refractivity contribution in [3.63, 3.8) is 0 Å². The quantitative estimate of drug-likeness (QED) is 0.784. The average Bonchev–Trinajstić information content (AvgIpc) is 2.25. The molecular formula is C11H12O4. The maximum absolute atomic E-state index is 10.9. The zero-order valence-electron chi connectivity index (χ0n) is 8.30. The number of aromatic carboxylic acids is 1. The number of benzene rings is 1. The van der Waals surface area contributed by atoms with Crippen LogP contribution >= 0.6 is 0 Å². The summed E-state index contributed by atoms with van der Waals surface area (Å²) in [6.45, 7) is -0.0750. The van der Waals surface area contributed by atoms with E-state index in [0.29, 0.717) is 11.3 Å². The Hall–Kier alpha value is -1.81. The van der Waals surface area contributed by atoms with Gasteiger partial charge in [-0.15, -0.1) is 0 Å². The van der Waals surface area contributed by atoms with Crippen LogP contribution in [0.1, 0.15) is 15.9 Å². The predicted molar refractivity (Wildman–Crippen MR) is 56.1 cm³/mol. The van der Waals surface area contributed by atoms with Gasteiger partial charge in [-0.3, -0.25) is 0 Å². The highest BCUT2D eigenvalue weighted by Gasteiger charge is 2.10. The van der Waals surface area contributed by atoms with Gasteiger partial charge in [-0.1, -0.05) is 18.2 Å². The molecular weight excluding hydrogens is 196 g/mol. The second kappa shape index (κ2) is 5.17. The lowest BCUT2D eigenvalue weighted by Gasteiger charge is -2.05. The van der Waals surface area contributed by atoms with E-state index in [1.54, 1.807) is 18.2 Å². The fourth-order valence-corrected chi connectivity index (χ4v) is 1.19. The van der Waals surface area contributed by atoms with Gasteiger partial charge >= 0.3 is 5.97 Å². The van der Waals surface area contributed by atoms with Gasteiger partial charge in [0.1, 0.15) is 11.3 Å². The summed E-state index contributed by atoms with van der Waals surface area (Å²) in [5.74, 6) is -0.713. The fourth-order valence-electron chi connectivity index (χ4n) is 1.19. The molecule has 0 saturated carbocycles. The van der Waals surface area contributed by atoms with Crippen molar-refractivity contribution in [3.8, 4) is 5.75 Å². The Labute approximate surface area is 87.4 Å². The highest BCUT2D eigenvalue weighted by Crippen LogP contribution is 2.20. The zero-order valence-corrected chi connectivity index (χ0v) is 8.30. The number of ether oxygens (including phenoxy) is 1. The number of hydrogen-bond acceptors (Lipinski definition) is 3. The Morgan fingerprint density at radius 1 is 1.53 bits per heavy atom. The van der Waals surface area contributed by atoms with E-state index in [4.69, 9.17) is 14.9 Å². The van der Waals surface area contributed by atoms with Crippen molar-refractivity contribution in [1.82, 2.24) is 0 Å². The molecule has 1 aromatic carbocycles. The lowest BCUT2D eigenvalue weighted by Crippen LogP contribution is -2.00. The van der Waals surface area contributed by atoms with E-state index in [9.17, 15) is 4.79 Å². The van der Waals surface area contributed by atoms with Crippen molar-refractivity contribution in [2.45, 2.75) is 0 Å². The van der Waals surface area contributed by atoms with Crippen LogP contribution in [0.5, 0.6) is 5.75 Å². The topological polar surface area (TPSA) is 66.8 Å². The highest BCUT2D eigenvalue weighted by atomic mass is 16.5. The molecule has 0 radical (unpaired) electrons. The molecule has 0 aromatic heterocycles. The van der Waals surface area contributed by atoms with Gasteiger partial charge in [0, 0.05) is 0 Å². The third-order valence-corrected chi connectivity index (χ3v) is 1.87. The summed E-state index contributed by atoms with van der Waals surface area (Å²) in [4.78, 5) is 10.9. The summed E-state index contributed by atoms with van der Waals surface area (Å²) < 4.78 is 4.91. The van der Waals surface area contributed by atoms with Crippen LogP contribution < -0.4 is 4.74 Å². The molecule has 0 atom stereocenters. The number of aliphatic hydroxyl groups excluding tert-OH is 1. The molecule has 80 valence electrons. The Morgan fingerprint density at radius 2 is 2.27 bits per heavy atom. The number of methoxy groups -OCH3 is 1. The van der Waals surface area contributed by atoms with Crippen LogP contribution in [0.3, 0.4) is 0 Å². The Morgan fingerprint density at radius 3 is 2.80 bits per heavy atom. The fraction of sp³-hybridized carbons (Fsp3) is 0.182. The van der Waals surface area contributed by atoms with E-state index < -0.39 is 5.97 Å². The van der Waals surface area contributed by atoms with Gasteiger partial charge in [-0.25, -0.2) is 4.79 Å². The monoisotopic (exact) mass is 208 g/mol. The molecule has 0 spiro atoms. The molecule has 0 aliphatic heterocycles. The first-order chi connectivity index (χ1) is 7.19. The first-order valence-electron chi connectivity index (χ1n) is 4.37. The van der Waals surface area contributed by atoms with Crippen molar-refractivity contribution < 1.29 is 19.7 Å². The minimum Gasteiger partial charge on any atom is -0.496 e. The minimum absolute atomic E-state index is 0.0750. The third-order valence-electron chi connectivity index (χ3n) is 1.87. The molecule has 0 heterocycles. The molecule has 0 aliphatic rings. The number of hydrogen-bond donors (Lipinski definition) is 2. The number of rotatable bonds is 4. The summed E-state index contributed by atoms with van der Waals surface area (Å²) in [5.41, 5.74) is 0.819. The summed E-state index contributed by atoms with van der Waals surface area (Å²) in [6, 6.07) is 4.80. The Bertz CT molecular complexity index is 382. The first-order valence-corrected chi connectivity index (χ1v) is 4.37. The largest absolute Gasteiger partial charge is 0.496 e. The lowest BCUT2D eigenvalue weighted by atomic mass is 10.1. The van der Waals surface area contributed by atoms with Crippen LogP contribution in [-0.4, -0.2) is 29.9 Å². The second-order valence-electron chi connectivity index (χ2n) is 2.85. The lowest BCUT2D eigenvalue weighted by molar-refractivity contribution is 0.0693. The van der Waals surface area contributed by atoms with Crippen LogP contribution in [-0.2, 0) is 0 Å². The van der Waals surface area contributed by atoms with E-state index in [-0.39, 0.29) is 12.2 Å². The van der Waals surface area contributed by atoms with Crippen molar-refractivity contribution in [2.24, 2.45) is 0 Å². The predicted octanol–water partition coefficient (Wildman–Crippen LogP) is 1.40. The van der Waals surface area contributed by atoms with Crippen molar-refractivity contribution in [3.05, 3.63) is 35.4 Å². The number of carboxylic acid groups (broad SMARTS) is 1. The van der Waals surface area contributed by atoms with Gasteiger partial charge in [-0.2, -0.15) is 0 Å². The van der Waals surface area contributed by atoms with E-state index in [2.05, 4.69) is 0 Å². The number of carbonyl (C=O) groups is 1. The highest BCUT2D eigenvalue weighted by molar-refractivity contribution is 5.91. The van der Waals surface area contributed by atoms with E-state index >= 15 is 0 Å². The van der Waals surface area contributed by atoms with E-state index in [0.717, 1.165) is 0 Å². The van der Waals surface area contributed by atoms with Gasteiger partial charge in [0.2, 0.25) is 0 Å². The molecule has 4 heteroatoms. The molecule has 2 N–H and O–H groups in total. The van der Waals surface area contributed by atoms with Gasteiger partial charge < -0.3 is 14.9 Å². The smallest absolute Gasteiger partial charge is 0.339 e. The second-order valence-corrected chi connectivity index (χ2v) is 2.85. The molecule has 15 heavy (non-hydrogen) atoms. The summed E-state index contributed by atoms with van der Waals surface area (Å²) in [7, 11) is 1.42. The molecule has 0 saturated heterocycles. The van der Waals surface area contributed by atoms with Gasteiger partial charge in [0.05, 0.1) is 13.7 Å². The van der Waals surface area contributed by atoms with Crippen LogP contribution in [0.4, 0.5) is 0 Å². The van der Waals surface area contributed by atoms with Crippen LogP contribution in [0.2, 0.25) is 0 Å². The van der Waals surface area contributed by atoms with Crippen molar-refractivity contribution in [1.29, 1.82) is 0 Å². The van der Waals surface area contributed by atoms with Crippen LogP contribution in [0.25, 0.3) is 6.08 Å². The zero-order chi connectivity index (χ0) is 11.3. The van der Waals surface area contributed by atoms with Gasteiger partial charge in [0.25, 0.3) is 0 Å². The summed E-state index contributed by atoms with van der Waals surface area (Å²) >= 11 is 0. The average molecular weight is 208 g/mol. The molecule has 1 aromatic rings. The maximum Gasteiger partial charge on any atom is 0.339 e. The Balaban J connectivity index is 3.10. The van der Waals surface area contributed by atoms with E-state index in [1.165, 1.54) is 19.3 Å². The van der Waals surface area contributed by atoms with Crippen LogP contribution in [0.15, 0.2) is 24.3 Å². The standard InChI is InChI=1S/C11H12O4/c1-15-10-5-4-8(3-2-6-12)7-9(10)11(13)14/h2-5,7,12H,6H2,1H3,(H,13,14). The molecule has 1 rings (SSSR count). The molecule has 0 unspecified atom stereocenters. The summed E-state index contributed by atoms with van der Waals surface area (Å²) in [6.07, 6.45) is 3.18. The molecule has 0 amide bonds. The van der Waals surface area contributed by atoms with Gasteiger partial charge in [-0.05, 0) is 17.7 Å². The number of aliphatic hydroxyl groups is 1. The van der Waals surface area contributed by atoms with E-state index in [1.807, 2.05) is 0 Å². The van der Waals surface area contributed by atoms with Gasteiger partial charge in [0.15, 0.2) is 0 Å². The molecule has 0 bridgehead atoms. The summed E-state index contributed by atoms with van der Waals surface area (Å²) in [5, 5.41) is 17.5. The molecule has 4 nitrogen and oxygen atoms in total. The normalized spacial score (nSPS) is 10.5. The third kappa shape index (κ3) is 2.82. The maximum atomic E-state index is 10.9. The van der Waals surface area contributed by atoms with Crippen molar-refractivity contribution >= 4 is 12.0 Å². The van der Waals surface area contributed by atoms with Crippen molar-refractivity contribution in [2.75, 3.05) is 13.7 Å².